The number of carbonyl (C=O) groups is 2. The van der Waals surface area contributed by atoms with Crippen molar-refractivity contribution in [2.24, 2.45) is 5.10 Å². The van der Waals surface area contributed by atoms with E-state index in [1.807, 2.05) is 13.0 Å². The zero-order valence-corrected chi connectivity index (χ0v) is 16.9. The molecular formula is C20H20BrN3O4. The van der Waals surface area contributed by atoms with Crippen molar-refractivity contribution >= 4 is 39.6 Å². The Morgan fingerprint density at radius 1 is 1.14 bits per heavy atom. The van der Waals surface area contributed by atoms with Gasteiger partial charge in [-0.1, -0.05) is 34.7 Å². The molecule has 0 spiro atoms. The quantitative estimate of drug-likeness (QED) is 0.281. The number of carbonyl (C=O) groups excluding carboxylic acids is 2. The maximum atomic E-state index is 11.9. The molecule has 146 valence electrons. The van der Waals surface area contributed by atoms with E-state index < -0.39 is 11.8 Å². The molecule has 0 aliphatic heterocycles. The molecule has 0 saturated carbocycles. The first-order valence-electron chi connectivity index (χ1n) is 8.44. The minimum atomic E-state index is -0.882. The summed E-state index contributed by atoms with van der Waals surface area (Å²) in [5, 5.41) is 6.29. The first-order chi connectivity index (χ1) is 13.5. The van der Waals surface area contributed by atoms with Crippen LogP contribution in [0.4, 0.5) is 5.69 Å². The molecule has 0 fully saturated rings. The molecule has 2 aromatic carbocycles. The number of amides is 2. The molecular weight excluding hydrogens is 426 g/mol. The molecule has 0 bridgehead atoms. The number of rotatable bonds is 8. The summed E-state index contributed by atoms with van der Waals surface area (Å²) >= 11 is 3.29. The predicted molar refractivity (Wildman–Crippen MR) is 112 cm³/mol. The summed E-state index contributed by atoms with van der Waals surface area (Å²) in [6.07, 6.45) is 3.05. The van der Waals surface area contributed by atoms with E-state index in [1.165, 1.54) is 6.21 Å². The number of hydrogen-bond donors (Lipinski definition) is 2. The molecule has 2 amide bonds. The van der Waals surface area contributed by atoms with Crippen molar-refractivity contribution in [1.82, 2.24) is 5.43 Å². The molecule has 2 rings (SSSR count). The minimum absolute atomic E-state index is 0.358. The van der Waals surface area contributed by atoms with Crippen LogP contribution in [0.25, 0.3) is 0 Å². The third kappa shape index (κ3) is 6.55. The van der Waals surface area contributed by atoms with E-state index in [4.69, 9.17) is 9.47 Å². The fourth-order valence-corrected chi connectivity index (χ4v) is 2.51. The van der Waals surface area contributed by atoms with Crippen LogP contribution in [-0.4, -0.2) is 31.2 Å². The summed E-state index contributed by atoms with van der Waals surface area (Å²) < 4.78 is 11.8. The third-order valence-electron chi connectivity index (χ3n) is 3.29. The van der Waals surface area contributed by atoms with Gasteiger partial charge in [-0.3, -0.25) is 9.59 Å². The molecule has 0 aromatic heterocycles. The summed E-state index contributed by atoms with van der Waals surface area (Å²) in [4.78, 5) is 23.8. The summed E-state index contributed by atoms with van der Waals surface area (Å²) in [7, 11) is 0. The highest BCUT2D eigenvalue weighted by Gasteiger charge is 2.13. The van der Waals surface area contributed by atoms with E-state index in [0.717, 1.165) is 4.47 Å². The molecule has 7 nitrogen and oxygen atoms in total. The van der Waals surface area contributed by atoms with E-state index >= 15 is 0 Å². The van der Waals surface area contributed by atoms with Gasteiger partial charge in [0.25, 0.3) is 0 Å². The maximum absolute atomic E-state index is 11.9. The monoisotopic (exact) mass is 445 g/mol. The van der Waals surface area contributed by atoms with E-state index in [-0.39, 0.29) is 0 Å². The smallest absolute Gasteiger partial charge is 0.329 e. The van der Waals surface area contributed by atoms with Gasteiger partial charge >= 0.3 is 11.8 Å². The normalized spacial score (nSPS) is 10.4. The largest absolute Gasteiger partial charge is 0.490 e. The van der Waals surface area contributed by atoms with Crippen molar-refractivity contribution in [2.45, 2.75) is 6.92 Å². The van der Waals surface area contributed by atoms with Crippen LogP contribution in [0, 0.1) is 0 Å². The minimum Gasteiger partial charge on any atom is -0.490 e. The average molecular weight is 446 g/mol. The number of ether oxygens (including phenoxy) is 2. The van der Waals surface area contributed by atoms with Crippen molar-refractivity contribution in [3.05, 3.63) is 65.2 Å². The fourth-order valence-electron chi connectivity index (χ4n) is 2.11. The second-order valence-electron chi connectivity index (χ2n) is 5.40. The molecule has 2 aromatic rings. The Bertz CT molecular complexity index is 884. The molecule has 8 heteroatoms. The Kier molecular flexibility index (Phi) is 8.23. The van der Waals surface area contributed by atoms with E-state index in [1.54, 1.807) is 42.5 Å². The lowest BCUT2D eigenvalue weighted by Gasteiger charge is -2.11. The van der Waals surface area contributed by atoms with Crippen LogP contribution in [0.15, 0.2) is 64.7 Å². The first kappa shape index (κ1) is 21.2. The van der Waals surface area contributed by atoms with Crippen LogP contribution in [-0.2, 0) is 9.59 Å². The summed E-state index contributed by atoms with van der Waals surface area (Å²) in [6.45, 7) is 6.30. The number of nitrogens with one attached hydrogen (secondary N) is 2. The second-order valence-corrected chi connectivity index (χ2v) is 6.32. The van der Waals surface area contributed by atoms with Crippen LogP contribution < -0.4 is 20.2 Å². The van der Waals surface area contributed by atoms with Crippen LogP contribution in [0.2, 0.25) is 0 Å². The Morgan fingerprint density at radius 2 is 1.96 bits per heavy atom. The zero-order chi connectivity index (χ0) is 20.4. The molecule has 0 heterocycles. The van der Waals surface area contributed by atoms with Gasteiger partial charge in [0.05, 0.1) is 12.8 Å². The van der Waals surface area contributed by atoms with Crippen molar-refractivity contribution in [3.63, 3.8) is 0 Å². The molecule has 0 aliphatic rings. The fraction of sp³-hybridized carbons (Fsp3) is 0.150. The molecule has 0 saturated heterocycles. The Labute approximate surface area is 171 Å². The zero-order valence-electron chi connectivity index (χ0n) is 15.3. The second kappa shape index (κ2) is 10.9. The van der Waals surface area contributed by atoms with E-state index in [0.29, 0.717) is 36.0 Å². The van der Waals surface area contributed by atoms with Gasteiger partial charge in [0, 0.05) is 10.2 Å². The van der Waals surface area contributed by atoms with E-state index in [2.05, 4.69) is 38.4 Å². The van der Waals surface area contributed by atoms with Gasteiger partial charge in [-0.05, 0) is 48.9 Å². The molecule has 0 radical (unpaired) electrons. The Balaban J connectivity index is 1.97. The van der Waals surface area contributed by atoms with Gasteiger partial charge in [-0.15, -0.1) is 0 Å². The summed E-state index contributed by atoms with van der Waals surface area (Å²) in [6, 6.07) is 12.1. The topological polar surface area (TPSA) is 89.0 Å². The number of halogens is 1. The van der Waals surface area contributed by atoms with Gasteiger partial charge in [0.2, 0.25) is 0 Å². The van der Waals surface area contributed by atoms with Crippen LogP contribution in [0.3, 0.4) is 0 Å². The number of benzene rings is 2. The molecule has 0 atom stereocenters. The van der Waals surface area contributed by atoms with Gasteiger partial charge in [-0.25, -0.2) is 5.43 Å². The predicted octanol–water partition coefficient (Wildman–Crippen LogP) is 3.50. The molecule has 0 unspecified atom stereocenters. The van der Waals surface area contributed by atoms with Crippen molar-refractivity contribution in [2.75, 3.05) is 18.5 Å². The SMILES string of the molecule is C=CCOc1ccc(/C=N\NC(=O)C(=O)Nc2cccc(Br)c2)cc1OCC. The van der Waals surface area contributed by atoms with Crippen LogP contribution in [0.1, 0.15) is 12.5 Å². The third-order valence-corrected chi connectivity index (χ3v) is 3.79. The maximum Gasteiger partial charge on any atom is 0.329 e. The van der Waals surface area contributed by atoms with E-state index in [9.17, 15) is 9.59 Å². The van der Waals surface area contributed by atoms with Crippen molar-refractivity contribution in [1.29, 1.82) is 0 Å². The first-order valence-corrected chi connectivity index (χ1v) is 9.23. The average Bonchev–Trinajstić information content (AvgIpc) is 2.67. The highest BCUT2D eigenvalue weighted by molar-refractivity contribution is 9.10. The summed E-state index contributed by atoms with van der Waals surface area (Å²) in [5.74, 6) is -0.575. The highest BCUT2D eigenvalue weighted by atomic mass is 79.9. The van der Waals surface area contributed by atoms with Crippen LogP contribution >= 0.6 is 15.9 Å². The number of hydrogen-bond acceptors (Lipinski definition) is 5. The Hall–Kier alpha value is -3.13. The number of hydrazone groups is 1. The van der Waals surface area contributed by atoms with Gasteiger partial charge in [0.15, 0.2) is 11.5 Å². The summed E-state index contributed by atoms with van der Waals surface area (Å²) in [5.41, 5.74) is 3.35. The van der Waals surface area contributed by atoms with Crippen molar-refractivity contribution in [3.8, 4) is 11.5 Å². The molecule has 0 aliphatic carbocycles. The van der Waals surface area contributed by atoms with Gasteiger partial charge in [0.1, 0.15) is 6.61 Å². The van der Waals surface area contributed by atoms with Gasteiger partial charge < -0.3 is 14.8 Å². The lowest BCUT2D eigenvalue weighted by molar-refractivity contribution is -0.136. The highest BCUT2D eigenvalue weighted by Crippen LogP contribution is 2.28. The van der Waals surface area contributed by atoms with Gasteiger partial charge in [-0.2, -0.15) is 5.10 Å². The molecule has 28 heavy (non-hydrogen) atoms. The van der Waals surface area contributed by atoms with Crippen molar-refractivity contribution < 1.29 is 19.1 Å². The number of anilines is 1. The number of nitrogens with zero attached hydrogens (tertiary/aromatic N) is 1. The molecule has 2 N–H and O–H groups in total. The Morgan fingerprint density at radius 3 is 2.68 bits per heavy atom. The lowest BCUT2D eigenvalue weighted by atomic mass is 10.2. The lowest BCUT2D eigenvalue weighted by Crippen LogP contribution is -2.32. The van der Waals surface area contributed by atoms with Crippen LogP contribution in [0.5, 0.6) is 11.5 Å². The standard InChI is InChI=1S/C20H20BrN3O4/c1-3-10-28-17-9-8-14(11-18(17)27-4-2)13-22-24-20(26)19(25)23-16-7-5-6-15(21)12-16/h3,5-9,11-13H,1,4,10H2,2H3,(H,23,25)(H,24,26)/b22-13-.